The predicted molar refractivity (Wildman–Crippen MR) is 53.7 cm³/mol. The second-order valence-corrected chi connectivity index (χ2v) is 5.05. The average Bonchev–Trinajstić information content (AvgIpc) is 2.51. The molecule has 13 heavy (non-hydrogen) atoms. The Hall–Kier alpha value is -0.0800. The molecule has 0 aliphatic carbocycles. The van der Waals surface area contributed by atoms with Crippen LogP contribution < -0.4 is 5.32 Å². The first-order valence-corrected chi connectivity index (χ1v) is 5.54. The Balaban J connectivity index is 1.94. The summed E-state index contributed by atoms with van der Waals surface area (Å²) in [6.45, 7) is 7.93. The van der Waals surface area contributed by atoms with Crippen molar-refractivity contribution in [2.45, 2.75) is 39.2 Å². The van der Waals surface area contributed by atoms with Crippen LogP contribution in [0.1, 0.15) is 33.1 Å². The van der Waals surface area contributed by atoms with Crippen LogP contribution in [0.15, 0.2) is 0 Å². The fourth-order valence-corrected chi connectivity index (χ4v) is 2.56. The van der Waals surface area contributed by atoms with E-state index in [0.29, 0.717) is 17.4 Å². The van der Waals surface area contributed by atoms with Crippen LogP contribution in [0.25, 0.3) is 0 Å². The van der Waals surface area contributed by atoms with Gasteiger partial charge in [-0.1, -0.05) is 13.8 Å². The molecule has 2 heteroatoms. The van der Waals surface area contributed by atoms with E-state index in [4.69, 9.17) is 4.74 Å². The number of rotatable bonds is 1. The molecular weight excluding hydrogens is 162 g/mol. The third-order valence-electron chi connectivity index (χ3n) is 3.65. The molecule has 1 N–H and O–H groups in total. The highest BCUT2D eigenvalue weighted by molar-refractivity contribution is 4.92. The topological polar surface area (TPSA) is 21.3 Å². The molecule has 2 aliphatic heterocycles. The van der Waals surface area contributed by atoms with Gasteiger partial charge in [0, 0.05) is 0 Å². The Kier molecular flexibility index (Phi) is 2.61. The summed E-state index contributed by atoms with van der Waals surface area (Å²) in [6, 6.07) is 0. The lowest BCUT2D eigenvalue weighted by Gasteiger charge is -2.32. The summed E-state index contributed by atoms with van der Waals surface area (Å²) in [5, 5.41) is 3.42. The summed E-state index contributed by atoms with van der Waals surface area (Å²) in [5.74, 6) is 0.689. The van der Waals surface area contributed by atoms with E-state index in [1.165, 1.54) is 32.4 Å². The second kappa shape index (κ2) is 3.58. The zero-order valence-electron chi connectivity index (χ0n) is 8.81. The van der Waals surface area contributed by atoms with E-state index in [9.17, 15) is 0 Å². The molecule has 0 radical (unpaired) electrons. The summed E-state index contributed by atoms with van der Waals surface area (Å²) >= 11 is 0. The van der Waals surface area contributed by atoms with Gasteiger partial charge >= 0.3 is 0 Å². The molecule has 0 aromatic rings. The van der Waals surface area contributed by atoms with Crippen LogP contribution in [0, 0.1) is 11.3 Å². The van der Waals surface area contributed by atoms with Gasteiger partial charge in [-0.2, -0.15) is 0 Å². The molecule has 0 saturated carbocycles. The van der Waals surface area contributed by atoms with Gasteiger partial charge < -0.3 is 10.1 Å². The number of hydrogen-bond acceptors (Lipinski definition) is 2. The summed E-state index contributed by atoms with van der Waals surface area (Å²) in [5.41, 5.74) is 0.542. The maximum absolute atomic E-state index is 5.88. The van der Waals surface area contributed by atoms with Crippen molar-refractivity contribution >= 4 is 0 Å². The minimum Gasteiger partial charge on any atom is -0.377 e. The van der Waals surface area contributed by atoms with Gasteiger partial charge in [-0.3, -0.25) is 0 Å². The van der Waals surface area contributed by atoms with E-state index >= 15 is 0 Å². The molecule has 1 spiro atoms. The second-order valence-electron chi connectivity index (χ2n) is 5.05. The molecule has 0 amide bonds. The fraction of sp³-hybridized carbons (Fsp3) is 1.00. The molecule has 0 bridgehead atoms. The molecule has 2 saturated heterocycles. The van der Waals surface area contributed by atoms with Gasteiger partial charge in [0.05, 0.1) is 12.7 Å². The number of hydrogen-bond donors (Lipinski definition) is 1. The molecule has 1 unspecified atom stereocenters. The smallest absolute Gasteiger partial charge is 0.0604 e. The molecule has 2 nitrogen and oxygen atoms in total. The molecule has 2 rings (SSSR count). The van der Waals surface area contributed by atoms with E-state index in [2.05, 4.69) is 19.2 Å². The first-order valence-electron chi connectivity index (χ1n) is 5.54. The summed E-state index contributed by atoms with van der Waals surface area (Å²) in [7, 11) is 0. The van der Waals surface area contributed by atoms with Crippen LogP contribution in [-0.4, -0.2) is 25.8 Å². The van der Waals surface area contributed by atoms with Crippen LogP contribution in [0.3, 0.4) is 0 Å². The van der Waals surface area contributed by atoms with E-state index in [1.807, 2.05) is 0 Å². The van der Waals surface area contributed by atoms with E-state index in [-0.39, 0.29) is 0 Å². The lowest BCUT2D eigenvalue weighted by molar-refractivity contribution is 0.0620. The van der Waals surface area contributed by atoms with Crippen molar-refractivity contribution in [1.82, 2.24) is 5.32 Å². The highest BCUT2D eigenvalue weighted by atomic mass is 16.5. The van der Waals surface area contributed by atoms with Gasteiger partial charge in [-0.15, -0.1) is 0 Å². The zero-order chi connectivity index (χ0) is 9.31. The van der Waals surface area contributed by atoms with Crippen LogP contribution in [0.4, 0.5) is 0 Å². The van der Waals surface area contributed by atoms with Gasteiger partial charge in [0.2, 0.25) is 0 Å². The van der Waals surface area contributed by atoms with E-state index < -0.39 is 0 Å². The van der Waals surface area contributed by atoms with Crippen molar-refractivity contribution in [2.24, 2.45) is 11.3 Å². The summed E-state index contributed by atoms with van der Waals surface area (Å²) in [6.07, 6.45) is 4.46. The van der Waals surface area contributed by atoms with Gasteiger partial charge in [-0.25, -0.2) is 0 Å². The van der Waals surface area contributed by atoms with Gasteiger partial charge in [0.25, 0.3) is 0 Å². The molecule has 2 aliphatic rings. The first kappa shape index (κ1) is 9.47. The van der Waals surface area contributed by atoms with Crippen LogP contribution >= 0.6 is 0 Å². The van der Waals surface area contributed by atoms with Crippen molar-refractivity contribution in [2.75, 3.05) is 19.7 Å². The first-order chi connectivity index (χ1) is 6.22. The lowest BCUT2D eigenvalue weighted by Crippen LogP contribution is -2.37. The Morgan fingerprint density at radius 1 is 1.31 bits per heavy atom. The van der Waals surface area contributed by atoms with E-state index in [0.717, 1.165) is 6.61 Å². The summed E-state index contributed by atoms with van der Waals surface area (Å²) < 4.78 is 5.88. The maximum Gasteiger partial charge on any atom is 0.0604 e. The summed E-state index contributed by atoms with van der Waals surface area (Å²) in [4.78, 5) is 0. The number of ether oxygens (including phenoxy) is 1. The average molecular weight is 183 g/mol. The van der Waals surface area contributed by atoms with Crippen LogP contribution in [-0.2, 0) is 4.74 Å². The standard InChI is InChI=1S/C11H21NO/c1-9(2)10-7-11(8-13-10)3-5-12-6-4-11/h9-10,12H,3-8H2,1-2H3. The maximum atomic E-state index is 5.88. The fourth-order valence-electron chi connectivity index (χ4n) is 2.56. The molecule has 76 valence electrons. The molecular formula is C11H21NO. The normalized spacial score (nSPS) is 33.0. The molecule has 0 aromatic heterocycles. The molecule has 1 atom stereocenters. The minimum absolute atomic E-state index is 0.526. The predicted octanol–water partition coefficient (Wildman–Crippen LogP) is 1.80. The SMILES string of the molecule is CC(C)C1CC2(CCNCC2)CO1. The molecule has 0 aromatic carbocycles. The zero-order valence-corrected chi connectivity index (χ0v) is 8.81. The Bertz CT molecular complexity index is 173. The van der Waals surface area contributed by atoms with Gasteiger partial charge in [0.1, 0.15) is 0 Å². The van der Waals surface area contributed by atoms with Gasteiger partial charge in [-0.05, 0) is 43.7 Å². The largest absolute Gasteiger partial charge is 0.377 e. The quantitative estimate of drug-likeness (QED) is 0.669. The molecule has 2 heterocycles. The minimum atomic E-state index is 0.526. The number of piperidine rings is 1. The van der Waals surface area contributed by atoms with Gasteiger partial charge in [0.15, 0.2) is 0 Å². The van der Waals surface area contributed by atoms with Crippen molar-refractivity contribution in [1.29, 1.82) is 0 Å². The van der Waals surface area contributed by atoms with E-state index in [1.54, 1.807) is 0 Å². The third-order valence-corrected chi connectivity index (χ3v) is 3.65. The Morgan fingerprint density at radius 3 is 2.54 bits per heavy atom. The lowest BCUT2D eigenvalue weighted by atomic mass is 9.76. The van der Waals surface area contributed by atoms with Crippen molar-refractivity contribution < 1.29 is 4.74 Å². The van der Waals surface area contributed by atoms with Crippen molar-refractivity contribution in [3.05, 3.63) is 0 Å². The Labute approximate surface area is 81.0 Å². The molecule has 2 fully saturated rings. The highest BCUT2D eigenvalue weighted by Crippen LogP contribution is 2.42. The van der Waals surface area contributed by atoms with Crippen molar-refractivity contribution in [3.63, 3.8) is 0 Å². The van der Waals surface area contributed by atoms with Crippen LogP contribution in [0.5, 0.6) is 0 Å². The monoisotopic (exact) mass is 183 g/mol. The number of nitrogens with one attached hydrogen (secondary N) is 1. The third kappa shape index (κ3) is 1.89. The highest BCUT2D eigenvalue weighted by Gasteiger charge is 2.41. The Morgan fingerprint density at radius 2 is 2.00 bits per heavy atom. The van der Waals surface area contributed by atoms with Crippen molar-refractivity contribution in [3.8, 4) is 0 Å². The van der Waals surface area contributed by atoms with Crippen LogP contribution in [0.2, 0.25) is 0 Å².